The third-order valence-corrected chi connectivity index (χ3v) is 12.7. The Bertz CT molecular complexity index is 3060. The Labute approximate surface area is 352 Å². The zero-order valence-corrected chi connectivity index (χ0v) is 33.9. The molecule has 1 aliphatic rings. The Morgan fingerprint density at radius 3 is 1.40 bits per heavy atom. The second-order valence-electron chi connectivity index (χ2n) is 16.6. The number of benzene rings is 9. The van der Waals surface area contributed by atoms with Crippen LogP contribution in [-0.2, 0) is 12.0 Å². The van der Waals surface area contributed by atoms with E-state index < -0.39 is 0 Å². The highest BCUT2D eigenvalue weighted by molar-refractivity contribution is 6.11. The van der Waals surface area contributed by atoms with Gasteiger partial charge in [0.2, 0.25) is 0 Å². The summed E-state index contributed by atoms with van der Waals surface area (Å²) in [6.45, 7) is 5.43. The van der Waals surface area contributed by atoms with Gasteiger partial charge in [-0.3, -0.25) is 0 Å². The van der Waals surface area contributed by atoms with Gasteiger partial charge < -0.3 is 9.47 Å². The van der Waals surface area contributed by atoms with Crippen LogP contribution in [0.2, 0.25) is 0 Å². The van der Waals surface area contributed by atoms with Crippen LogP contribution in [0, 0.1) is 0 Å². The molecule has 11 rings (SSSR count). The monoisotopic (exact) mass is 768 g/mol. The molecule has 1 aromatic heterocycles. The van der Waals surface area contributed by atoms with Crippen molar-refractivity contribution < 1.29 is 0 Å². The van der Waals surface area contributed by atoms with Gasteiger partial charge in [0.1, 0.15) is 0 Å². The van der Waals surface area contributed by atoms with Gasteiger partial charge in [0.15, 0.2) is 0 Å². The largest absolute Gasteiger partial charge is 0.337 e. The molecule has 2 nitrogen and oxygen atoms in total. The average molecular weight is 769 g/mol. The summed E-state index contributed by atoms with van der Waals surface area (Å²) in [5, 5.41) is 2.49. The molecule has 0 bridgehead atoms. The van der Waals surface area contributed by atoms with Crippen LogP contribution in [0.4, 0.5) is 11.4 Å². The molecule has 286 valence electrons. The van der Waals surface area contributed by atoms with Crippen molar-refractivity contribution in [3.05, 3.63) is 235 Å². The molecule has 1 heterocycles. The number of fused-ring (bicyclic) bond motifs is 6. The summed E-state index contributed by atoms with van der Waals surface area (Å²) in [5.41, 5.74) is 19.8. The van der Waals surface area contributed by atoms with E-state index >= 15 is 0 Å². The number of rotatable bonds is 8. The maximum Gasteiger partial charge on any atom is 0.0547 e. The standard InChI is InChI=1S/C58H44N2/c1-58(2)54-21-13-12-20-50(54)53-36-40(22-35-55(53)58)39-59(47-27-23-44(24-28-47)41-14-6-3-7-15-41)48-29-31-49(32-30-48)60-56-37-45(42-16-8-4-9-17-42)25-33-51(56)52-34-26-46(38-57(52)60)43-18-10-5-11-19-43/h3-38H,39H2,1-2H3. The van der Waals surface area contributed by atoms with Crippen molar-refractivity contribution in [1.82, 2.24) is 4.57 Å². The van der Waals surface area contributed by atoms with E-state index in [0.717, 1.165) is 23.6 Å². The van der Waals surface area contributed by atoms with Crippen molar-refractivity contribution >= 4 is 33.2 Å². The molecule has 0 saturated carbocycles. The van der Waals surface area contributed by atoms with Crippen LogP contribution >= 0.6 is 0 Å². The van der Waals surface area contributed by atoms with E-state index in [2.05, 4.69) is 242 Å². The van der Waals surface area contributed by atoms with E-state index in [9.17, 15) is 0 Å². The first-order valence-electron chi connectivity index (χ1n) is 21.0. The molecule has 0 spiro atoms. The summed E-state index contributed by atoms with van der Waals surface area (Å²) in [6, 6.07) is 80.1. The van der Waals surface area contributed by atoms with Gasteiger partial charge in [-0.1, -0.05) is 178 Å². The smallest absolute Gasteiger partial charge is 0.0547 e. The van der Waals surface area contributed by atoms with Gasteiger partial charge in [0, 0.05) is 39.8 Å². The van der Waals surface area contributed by atoms with Crippen molar-refractivity contribution in [3.8, 4) is 50.2 Å². The molecule has 9 aromatic carbocycles. The number of aromatic nitrogens is 1. The van der Waals surface area contributed by atoms with E-state index in [1.54, 1.807) is 0 Å². The Hall–Kier alpha value is -7.42. The fraction of sp³-hybridized carbons (Fsp3) is 0.0690. The second kappa shape index (κ2) is 14.4. The maximum absolute atomic E-state index is 2.46. The van der Waals surface area contributed by atoms with Crippen LogP contribution in [-0.4, -0.2) is 4.57 Å². The Morgan fingerprint density at radius 2 is 0.833 bits per heavy atom. The fourth-order valence-electron chi connectivity index (χ4n) is 9.54. The molecule has 0 N–H and O–H groups in total. The molecule has 0 radical (unpaired) electrons. The van der Waals surface area contributed by atoms with Crippen molar-refractivity contribution in [2.45, 2.75) is 25.8 Å². The first-order valence-corrected chi connectivity index (χ1v) is 21.0. The number of hydrogen-bond acceptors (Lipinski definition) is 1. The van der Waals surface area contributed by atoms with Gasteiger partial charge in [0.25, 0.3) is 0 Å². The summed E-state index contributed by atoms with van der Waals surface area (Å²) in [5.74, 6) is 0. The molecule has 0 atom stereocenters. The molecular weight excluding hydrogens is 725 g/mol. The quantitative estimate of drug-likeness (QED) is 0.149. The lowest BCUT2D eigenvalue weighted by molar-refractivity contribution is 0.660. The van der Waals surface area contributed by atoms with Crippen molar-refractivity contribution in [2.24, 2.45) is 0 Å². The summed E-state index contributed by atoms with van der Waals surface area (Å²) >= 11 is 0. The fourth-order valence-corrected chi connectivity index (χ4v) is 9.54. The van der Waals surface area contributed by atoms with Crippen molar-refractivity contribution in [3.63, 3.8) is 0 Å². The molecule has 1 aliphatic carbocycles. The summed E-state index contributed by atoms with van der Waals surface area (Å²) in [6.07, 6.45) is 0. The Morgan fingerprint density at radius 1 is 0.383 bits per heavy atom. The minimum Gasteiger partial charge on any atom is -0.337 e. The molecule has 10 aromatic rings. The first kappa shape index (κ1) is 35.7. The van der Waals surface area contributed by atoms with Crippen molar-refractivity contribution in [1.29, 1.82) is 0 Å². The first-order chi connectivity index (χ1) is 29.5. The third-order valence-electron chi connectivity index (χ3n) is 12.7. The number of nitrogens with zero attached hydrogens (tertiary/aromatic N) is 2. The predicted molar refractivity (Wildman–Crippen MR) is 253 cm³/mol. The lowest BCUT2D eigenvalue weighted by Crippen LogP contribution is -2.17. The highest BCUT2D eigenvalue weighted by Gasteiger charge is 2.35. The van der Waals surface area contributed by atoms with Crippen LogP contribution < -0.4 is 4.90 Å². The van der Waals surface area contributed by atoms with E-state index in [1.807, 2.05) is 0 Å². The predicted octanol–water partition coefficient (Wildman–Crippen LogP) is 15.4. The van der Waals surface area contributed by atoms with E-state index in [4.69, 9.17) is 0 Å². The summed E-state index contributed by atoms with van der Waals surface area (Å²) in [7, 11) is 0. The summed E-state index contributed by atoms with van der Waals surface area (Å²) in [4.78, 5) is 2.46. The van der Waals surface area contributed by atoms with Crippen LogP contribution in [0.25, 0.3) is 72.0 Å². The van der Waals surface area contributed by atoms with Crippen LogP contribution in [0.3, 0.4) is 0 Å². The molecular formula is C58H44N2. The zero-order valence-electron chi connectivity index (χ0n) is 33.9. The van der Waals surface area contributed by atoms with E-state index in [1.165, 1.54) is 83.0 Å². The minimum atomic E-state index is -0.0240. The number of hydrogen-bond donors (Lipinski definition) is 0. The number of anilines is 2. The minimum absolute atomic E-state index is 0.0240. The maximum atomic E-state index is 2.46. The highest BCUT2D eigenvalue weighted by Crippen LogP contribution is 2.49. The zero-order chi connectivity index (χ0) is 40.2. The van der Waals surface area contributed by atoms with Gasteiger partial charge in [-0.05, 0) is 116 Å². The van der Waals surface area contributed by atoms with Gasteiger partial charge in [-0.15, -0.1) is 0 Å². The SMILES string of the molecule is CC1(C)c2ccccc2-c2cc(CN(c3ccc(-c4ccccc4)cc3)c3ccc(-n4c5cc(-c6ccccc6)ccc5c5ccc(-c6ccccc6)cc54)cc3)ccc21. The van der Waals surface area contributed by atoms with Crippen LogP contribution in [0.15, 0.2) is 218 Å². The lowest BCUT2D eigenvalue weighted by Gasteiger charge is -2.27. The van der Waals surface area contributed by atoms with E-state index in [0.29, 0.717) is 0 Å². The van der Waals surface area contributed by atoms with Crippen LogP contribution in [0.5, 0.6) is 0 Å². The summed E-state index contributed by atoms with van der Waals surface area (Å²) < 4.78 is 2.45. The molecule has 60 heavy (non-hydrogen) atoms. The lowest BCUT2D eigenvalue weighted by atomic mass is 9.82. The van der Waals surface area contributed by atoms with Gasteiger partial charge in [0.05, 0.1) is 11.0 Å². The Kier molecular flexibility index (Phi) is 8.60. The van der Waals surface area contributed by atoms with Crippen molar-refractivity contribution in [2.75, 3.05) is 4.90 Å². The van der Waals surface area contributed by atoms with E-state index in [-0.39, 0.29) is 5.41 Å². The molecule has 0 unspecified atom stereocenters. The molecule has 0 fully saturated rings. The molecule has 0 saturated heterocycles. The topological polar surface area (TPSA) is 8.17 Å². The highest BCUT2D eigenvalue weighted by atomic mass is 15.1. The second-order valence-corrected chi connectivity index (χ2v) is 16.6. The molecule has 2 heteroatoms. The van der Waals surface area contributed by atoms with Gasteiger partial charge in [-0.2, -0.15) is 0 Å². The molecule has 0 aliphatic heterocycles. The average Bonchev–Trinajstić information content (AvgIpc) is 3.76. The Balaban J connectivity index is 1.03. The van der Waals surface area contributed by atoms with Gasteiger partial charge in [-0.25, -0.2) is 0 Å². The molecule has 0 amide bonds. The third kappa shape index (κ3) is 6.12. The van der Waals surface area contributed by atoms with Gasteiger partial charge >= 0.3 is 0 Å². The normalized spacial score (nSPS) is 12.7. The van der Waals surface area contributed by atoms with Crippen LogP contribution in [0.1, 0.15) is 30.5 Å².